The van der Waals surface area contributed by atoms with Crippen LogP contribution in [-0.2, 0) is 0 Å². The number of rotatable bonds is 2. The summed E-state index contributed by atoms with van der Waals surface area (Å²) >= 11 is 6.72. The second kappa shape index (κ2) is 4.90. The van der Waals surface area contributed by atoms with E-state index in [1.165, 1.54) is 22.3 Å². The van der Waals surface area contributed by atoms with Crippen LogP contribution in [0.1, 0.15) is 33.5 Å². The second-order valence-corrected chi connectivity index (χ2v) is 5.69. The summed E-state index contributed by atoms with van der Waals surface area (Å²) in [6.45, 7) is 4.90. The van der Waals surface area contributed by atoms with Gasteiger partial charge in [0.25, 0.3) is 0 Å². The standard InChI is InChI=1S/C17H17ClO/c1-11-7-8-13(12(2)9-11)17(18)15-10-19-16-6-4-3-5-14(15)16/h3-9,15,17H,10H2,1-2H3. The third kappa shape index (κ3) is 2.23. The molecule has 1 aliphatic heterocycles. The van der Waals surface area contributed by atoms with Crippen LogP contribution in [0.15, 0.2) is 42.5 Å². The summed E-state index contributed by atoms with van der Waals surface area (Å²) in [5.41, 5.74) is 4.96. The molecule has 0 amide bonds. The van der Waals surface area contributed by atoms with Crippen LogP contribution >= 0.6 is 11.6 Å². The van der Waals surface area contributed by atoms with Crippen LogP contribution in [0.5, 0.6) is 5.75 Å². The lowest BCUT2D eigenvalue weighted by molar-refractivity contribution is 0.328. The molecule has 0 N–H and O–H groups in total. The summed E-state index contributed by atoms with van der Waals surface area (Å²) in [7, 11) is 0. The molecule has 98 valence electrons. The van der Waals surface area contributed by atoms with Crippen molar-refractivity contribution in [2.45, 2.75) is 25.1 Å². The van der Waals surface area contributed by atoms with E-state index in [-0.39, 0.29) is 11.3 Å². The van der Waals surface area contributed by atoms with Crippen molar-refractivity contribution >= 4 is 11.6 Å². The lowest BCUT2D eigenvalue weighted by Crippen LogP contribution is -2.09. The number of alkyl halides is 1. The maximum absolute atomic E-state index is 6.72. The van der Waals surface area contributed by atoms with Gasteiger partial charge in [-0.2, -0.15) is 0 Å². The number of halogens is 1. The van der Waals surface area contributed by atoms with Gasteiger partial charge in [0.2, 0.25) is 0 Å². The van der Waals surface area contributed by atoms with Gasteiger partial charge in [-0.15, -0.1) is 11.6 Å². The van der Waals surface area contributed by atoms with Crippen LogP contribution in [0.25, 0.3) is 0 Å². The molecule has 0 radical (unpaired) electrons. The van der Waals surface area contributed by atoms with Gasteiger partial charge in [-0.1, -0.05) is 42.0 Å². The molecule has 1 aliphatic rings. The van der Waals surface area contributed by atoms with Gasteiger partial charge in [0.15, 0.2) is 0 Å². The first-order valence-electron chi connectivity index (χ1n) is 6.60. The van der Waals surface area contributed by atoms with Crippen molar-refractivity contribution in [3.8, 4) is 5.75 Å². The molecule has 19 heavy (non-hydrogen) atoms. The van der Waals surface area contributed by atoms with Crippen LogP contribution in [0.3, 0.4) is 0 Å². The smallest absolute Gasteiger partial charge is 0.122 e. The molecule has 0 aliphatic carbocycles. The Bertz CT molecular complexity index is 606. The van der Waals surface area contributed by atoms with E-state index in [2.05, 4.69) is 38.1 Å². The Morgan fingerprint density at radius 3 is 2.74 bits per heavy atom. The van der Waals surface area contributed by atoms with Gasteiger partial charge in [0.1, 0.15) is 5.75 Å². The third-order valence-corrected chi connectivity index (χ3v) is 4.35. The normalized spacial score (nSPS) is 18.8. The minimum absolute atomic E-state index is 0.0377. The quantitative estimate of drug-likeness (QED) is 0.716. The summed E-state index contributed by atoms with van der Waals surface area (Å²) in [4.78, 5) is 0. The average molecular weight is 273 g/mol. The van der Waals surface area contributed by atoms with E-state index in [9.17, 15) is 0 Å². The Labute approximate surface area is 119 Å². The van der Waals surface area contributed by atoms with Crippen molar-refractivity contribution < 1.29 is 4.74 Å². The Morgan fingerprint density at radius 2 is 1.95 bits per heavy atom. The zero-order valence-corrected chi connectivity index (χ0v) is 11.9. The van der Waals surface area contributed by atoms with E-state index < -0.39 is 0 Å². The highest BCUT2D eigenvalue weighted by Gasteiger charge is 2.31. The van der Waals surface area contributed by atoms with Crippen molar-refractivity contribution in [1.29, 1.82) is 0 Å². The molecule has 0 saturated heterocycles. The number of ether oxygens (including phenoxy) is 1. The molecule has 1 heterocycles. The highest BCUT2D eigenvalue weighted by molar-refractivity contribution is 6.21. The second-order valence-electron chi connectivity index (χ2n) is 5.22. The largest absolute Gasteiger partial charge is 0.493 e. The molecule has 0 aromatic heterocycles. The van der Waals surface area contributed by atoms with Crippen molar-refractivity contribution in [2.75, 3.05) is 6.61 Å². The van der Waals surface area contributed by atoms with Crippen LogP contribution in [0, 0.1) is 13.8 Å². The average Bonchev–Trinajstić information content (AvgIpc) is 2.82. The number of fused-ring (bicyclic) bond motifs is 1. The summed E-state index contributed by atoms with van der Waals surface area (Å²) in [5.74, 6) is 1.21. The summed E-state index contributed by atoms with van der Waals surface area (Å²) in [5, 5.41) is -0.0377. The molecule has 2 aromatic rings. The van der Waals surface area contributed by atoms with E-state index in [1.807, 2.05) is 18.2 Å². The predicted octanol–water partition coefficient (Wildman–Crippen LogP) is 4.76. The number of hydrogen-bond donors (Lipinski definition) is 0. The van der Waals surface area contributed by atoms with Gasteiger partial charge in [0.05, 0.1) is 12.0 Å². The molecule has 0 bridgehead atoms. The molecule has 0 saturated carbocycles. The summed E-state index contributed by atoms with van der Waals surface area (Å²) in [6.07, 6.45) is 0. The molecule has 2 atom stereocenters. The van der Waals surface area contributed by atoms with Gasteiger partial charge < -0.3 is 4.74 Å². The van der Waals surface area contributed by atoms with Gasteiger partial charge in [-0.05, 0) is 31.0 Å². The summed E-state index contributed by atoms with van der Waals surface area (Å²) < 4.78 is 5.73. The minimum Gasteiger partial charge on any atom is -0.493 e. The topological polar surface area (TPSA) is 9.23 Å². The molecule has 0 spiro atoms. The molecule has 0 fully saturated rings. The van der Waals surface area contributed by atoms with Crippen molar-refractivity contribution in [1.82, 2.24) is 0 Å². The Hall–Kier alpha value is -1.47. The van der Waals surface area contributed by atoms with Crippen molar-refractivity contribution in [2.24, 2.45) is 0 Å². The molecule has 1 nitrogen and oxygen atoms in total. The fourth-order valence-corrected chi connectivity index (χ4v) is 3.23. The summed E-state index contributed by atoms with van der Waals surface area (Å²) in [6, 6.07) is 14.6. The highest BCUT2D eigenvalue weighted by atomic mass is 35.5. The fourth-order valence-electron chi connectivity index (χ4n) is 2.78. The molecular formula is C17H17ClO. The number of aryl methyl sites for hydroxylation is 2. The van der Waals surface area contributed by atoms with E-state index in [0.29, 0.717) is 6.61 Å². The van der Waals surface area contributed by atoms with E-state index >= 15 is 0 Å². The number of para-hydroxylation sites is 1. The molecule has 3 rings (SSSR count). The molecule has 2 heteroatoms. The molecular weight excluding hydrogens is 256 g/mol. The lowest BCUT2D eigenvalue weighted by atomic mass is 9.90. The maximum Gasteiger partial charge on any atom is 0.122 e. The van der Waals surface area contributed by atoms with Gasteiger partial charge in [-0.25, -0.2) is 0 Å². The zero-order valence-electron chi connectivity index (χ0n) is 11.2. The highest BCUT2D eigenvalue weighted by Crippen LogP contribution is 2.45. The van der Waals surface area contributed by atoms with Gasteiger partial charge in [-0.3, -0.25) is 0 Å². The van der Waals surface area contributed by atoms with Crippen LogP contribution < -0.4 is 4.74 Å². The Morgan fingerprint density at radius 1 is 1.16 bits per heavy atom. The van der Waals surface area contributed by atoms with Crippen molar-refractivity contribution in [3.63, 3.8) is 0 Å². The van der Waals surface area contributed by atoms with Gasteiger partial charge in [0, 0.05) is 11.5 Å². The number of hydrogen-bond acceptors (Lipinski definition) is 1. The van der Waals surface area contributed by atoms with Gasteiger partial charge >= 0.3 is 0 Å². The molecule has 2 unspecified atom stereocenters. The first-order valence-corrected chi connectivity index (χ1v) is 7.03. The van der Waals surface area contributed by atoms with Crippen molar-refractivity contribution in [3.05, 3.63) is 64.7 Å². The Balaban J connectivity index is 1.95. The first-order chi connectivity index (χ1) is 9.16. The maximum atomic E-state index is 6.72. The van der Waals surface area contributed by atoms with Crippen LogP contribution in [0.2, 0.25) is 0 Å². The first kappa shape index (κ1) is 12.6. The number of benzene rings is 2. The third-order valence-electron chi connectivity index (χ3n) is 3.81. The zero-order chi connectivity index (χ0) is 13.4. The predicted molar refractivity (Wildman–Crippen MR) is 79.2 cm³/mol. The molecule has 2 aromatic carbocycles. The SMILES string of the molecule is Cc1ccc(C(Cl)C2COc3ccccc32)c(C)c1. The minimum atomic E-state index is -0.0377. The van der Waals surface area contributed by atoms with E-state index in [4.69, 9.17) is 16.3 Å². The Kier molecular flexibility index (Phi) is 3.24. The lowest BCUT2D eigenvalue weighted by Gasteiger charge is -2.19. The fraction of sp³-hybridized carbons (Fsp3) is 0.294. The van der Waals surface area contributed by atoms with Crippen LogP contribution in [-0.4, -0.2) is 6.61 Å². The van der Waals surface area contributed by atoms with E-state index in [1.54, 1.807) is 0 Å². The van der Waals surface area contributed by atoms with Crippen LogP contribution in [0.4, 0.5) is 0 Å². The van der Waals surface area contributed by atoms with E-state index in [0.717, 1.165) is 5.75 Å². The monoisotopic (exact) mass is 272 g/mol.